The maximum atomic E-state index is 11.0. The molecule has 0 aliphatic rings. The van der Waals surface area contributed by atoms with Crippen LogP contribution in [0, 0.1) is 0 Å². The lowest BCUT2D eigenvalue weighted by atomic mass is 9.97. The Morgan fingerprint density at radius 1 is 1.57 bits per heavy atom. The van der Waals surface area contributed by atoms with Crippen LogP contribution in [0.2, 0.25) is 0 Å². The predicted molar refractivity (Wildman–Crippen MR) is 55.4 cm³/mol. The molecule has 84 valence electrons. The Hall–Kier alpha value is -0.610. The fourth-order valence-electron chi connectivity index (χ4n) is 1.30. The molecule has 1 atom stereocenters. The summed E-state index contributed by atoms with van der Waals surface area (Å²) >= 11 is 0. The Morgan fingerprint density at radius 3 is 2.50 bits per heavy atom. The van der Waals surface area contributed by atoms with Gasteiger partial charge in [-0.05, 0) is 34.1 Å². The average molecular weight is 203 g/mol. The van der Waals surface area contributed by atoms with Crippen molar-refractivity contribution < 1.29 is 14.6 Å². The third-order valence-corrected chi connectivity index (χ3v) is 2.03. The number of aliphatic carboxylic acids is 1. The molecular formula is C10H21NO3. The Balaban J connectivity index is 4.17. The van der Waals surface area contributed by atoms with Crippen LogP contribution in [-0.4, -0.2) is 35.9 Å². The summed E-state index contributed by atoms with van der Waals surface area (Å²) in [6.07, 6.45) is 0.481. The van der Waals surface area contributed by atoms with Crippen molar-refractivity contribution in [1.29, 1.82) is 0 Å². The van der Waals surface area contributed by atoms with E-state index in [1.54, 1.807) is 6.92 Å². The van der Waals surface area contributed by atoms with Crippen molar-refractivity contribution in [1.82, 2.24) is 5.32 Å². The number of hydrogen-bond donors (Lipinski definition) is 2. The lowest BCUT2D eigenvalue weighted by Crippen LogP contribution is -2.53. The highest BCUT2D eigenvalue weighted by molar-refractivity contribution is 5.78. The van der Waals surface area contributed by atoms with Crippen molar-refractivity contribution in [3.63, 3.8) is 0 Å². The van der Waals surface area contributed by atoms with E-state index in [1.165, 1.54) is 0 Å². The van der Waals surface area contributed by atoms with Gasteiger partial charge >= 0.3 is 5.97 Å². The van der Waals surface area contributed by atoms with Gasteiger partial charge in [-0.15, -0.1) is 0 Å². The Labute approximate surface area is 85.6 Å². The first kappa shape index (κ1) is 13.4. The molecule has 0 saturated heterocycles. The number of ether oxygens (including phenoxy) is 1. The molecule has 2 N–H and O–H groups in total. The van der Waals surface area contributed by atoms with Crippen LogP contribution in [-0.2, 0) is 9.53 Å². The minimum Gasteiger partial charge on any atom is -0.480 e. The first-order valence-electron chi connectivity index (χ1n) is 5.01. The number of carboxylic acids is 1. The number of carbonyl (C=O) groups is 1. The van der Waals surface area contributed by atoms with E-state index in [0.29, 0.717) is 19.6 Å². The van der Waals surface area contributed by atoms with Gasteiger partial charge in [-0.25, -0.2) is 0 Å². The fourth-order valence-corrected chi connectivity index (χ4v) is 1.30. The molecule has 0 saturated carbocycles. The van der Waals surface area contributed by atoms with Gasteiger partial charge in [0.2, 0.25) is 0 Å². The highest BCUT2D eigenvalue weighted by Crippen LogP contribution is 2.11. The van der Waals surface area contributed by atoms with Crippen LogP contribution in [0.1, 0.15) is 34.1 Å². The van der Waals surface area contributed by atoms with E-state index in [2.05, 4.69) is 5.32 Å². The minimum absolute atomic E-state index is 0.151. The molecule has 4 heteroatoms. The van der Waals surface area contributed by atoms with Gasteiger partial charge < -0.3 is 9.84 Å². The van der Waals surface area contributed by atoms with Crippen molar-refractivity contribution in [3.05, 3.63) is 0 Å². The molecule has 0 rings (SSSR count). The number of rotatable bonds is 7. The van der Waals surface area contributed by atoms with Crippen LogP contribution in [0.4, 0.5) is 0 Å². The van der Waals surface area contributed by atoms with Gasteiger partial charge in [-0.3, -0.25) is 10.1 Å². The van der Waals surface area contributed by atoms with Gasteiger partial charge in [0, 0.05) is 19.3 Å². The number of hydrogen-bond acceptors (Lipinski definition) is 3. The second kappa shape index (κ2) is 5.98. The molecule has 0 amide bonds. The van der Waals surface area contributed by atoms with Crippen molar-refractivity contribution in [2.75, 3.05) is 13.2 Å². The molecule has 0 aromatic rings. The largest absolute Gasteiger partial charge is 0.480 e. The average Bonchev–Trinajstić information content (AvgIpc) is 2.03. The molecule has 14 heavy (non-hydrogen) atoms. The SMILES string of the molecule is CCOCCC(C)(NC(C)C)C(=O)O. The Morgan fingerprint density at radius 2 is 2.14 bits per heavy atom. The monoisotopic (exact) mass is 203 g/mol. The van der Waals surface area contributed by atoms with E-state index in [0.717, 1.165) is 0 Å². The minimum atomic E-state index is -0.886. The lowest BCUT2D eigenvalue weighted by Gasteiger charge is -2.28. The van der Waals surface area contributed by atoms with E-state index in [1.807, 2.05) is 20.8 Å². The molecular weight excluding hydrogens is 182 g/mol. The van der Waals surface area contributed by atoms with E-state index in [4.69, 9.17) is 9.84 Å². The molecule has 0 aliphatic heterocycles. The van der Waals surface area contributed by atoms with Crippen molar-refractivity contribution in [3.8, 4) is 0 Å². The summed E-state index contributed by atoms with van der Waals surface area (Å²) in [4.78, 5) is 11.0. The second-order valence-electron chi connectivity index (χ2n) is 3.88. The normalized spacial score (nSPS) is 15.5. The lowest BCUT2D eigenvalue weighted by molar-refractivity contribution is -0.145. The van der Waals surface area contributed by atoms with Crippen LogP contribution >= 0.6 is 0 Å². The summed E-state index contributed by atoms with van der Waals surface area (Å²) in [5, 5.41) is 12.1. The third-order valence-electron chi connectivity index (χ3n) is 2.03. The molecule has 0 aromatic heterocycles. The van der Waals surface area contributed by atoms with E-state index in [9.17, 15) is 4.79 Å². The summed E-state index contributed by atoms with van der Waals surface area (Å²) in [7, 11) is 0. The molecule has 0 spiro atoms. The predicted octanol–water partition coefficient (Wildman–Crippen LogP) is 1.25. The zero-order valence-electron chi connectivity index (χ0n) is 9.46. The van der Waals surface area contributed by atoms with Gasteiger partial charge in [-0.1, -0.05) is 0 Å². The van der Waals surface area contributed by atoms with Crippen LogP contribution in [0.15, 0.2) is 0 Å². The highest BCUT2D eigenvalue weighted by atomic mass is 16.5. The zero-order chi connectivity index (χ0) is 11.2. The van der Waals surface area contributed by atoms with Gasteiger partial charge in [0.15, 0.2) is 0 Å². The smallest absolute Gasteiger partial charge is 0.323 e. The van der Waals surface area contributed by atoms with Crippen LogP contribution < -0.4 is 5.32 Å². The molecule has 0 fully saturated rings. The quantitative estimate of drug-likeness (QED) is 0.611. The zero-order valence-corrected chi connectivity index (χ0v) is 9.46. The summed E-state index contributed by atoms with van der Waals surface area (Å²) in [6, 6.07) is 0.151. The summed E-state index contributed by atoms with van der Waals surface area (Å²) in [6.45, 7) is 8.54. The maximum absolute atomic E-state index is 11.0. The van der Waals surface area contributed by atoms with Crippen molar-refractivity contribution >= 4 is 5.97 Å². The van der Waals surface area contributed by atoms with E-state index in [-0.39, 0.29) is 6.04 Å². The molecule has 1 unspecified atom stereocenters. The van der Waals surface area contributed by atoms with Gasteiger partial charge in [0.1, 0.15) is 5.54 Å². The number of carboxylic acid groups (broad SMARTS) is 1. The van der Waals surface area contributed by atoms with E-state index < -0.39 is 11.5 Å². The van der Waals surface area contributed by atoms with Crippen molar-refractivity contribution in [2.45, 2.75) is 45.7 Å². The first-order chi connectivity index (χ1) is 6.42. The third kappa shape index (κ3) is 4.58. The highest BCUT2D eigenvalue weighted by Gasteiger charge is 2.32. The van der Waals surface area contributed by atoms with Crippen LogP contribution in [0.3, 0.4) is 0 Å². The fraction of sp³-hybridized carbons (Fsp3) is 0.900. The molecule has 0 aromatic carbocycles. The Kier molecular flexibility index (Phi) is 5.72. The number of nitrogens with one attached hydrogen (secondary N) is 1. The van der Waals surface area contributed by atoms with Crippen LogP contribution in [0.5, 0.6) is 0 Å². The summed E-state index contributed by atoms with van der Waals surface area (Å²) in [5.74, 6) is -0.828. The standard InChI is InChI=1S/C10H21NO3/c1-5-14-7-6-10(4,9(12)13)11-8(2)3/h8,11H,5-7H2,1-4H3,(H,12,13). The summed E-state index contributed by atoms with van der Waals surface area (Å²) < 4.78 is 5.16. The second-order valence-corrected chi connectivity index (χ2v) is 3.88. The summed E-state index contributed by atoms with van der Waals surface area (Å²) in [5.41, 5.74) is -0.886. The molecule has 0 heterocycles. The van der Waals surface area contributed by atoms with Crippen molar-refractivity contribution in [2.24, 2.45) is 0 Å². The topological polar surface area (TPSA) is 58.6 Å². The maximum Gasteiger partial charge on any atom is 0.323 e. The molecule has 4 nitrogen and oxygen atoms in total. The van der Waals surface area contributed by atoms with E-state index >= 15 is 0 Å². The molecule has 0 bridgehead atoms. The van der Waals surface area contributed by atoms with Gasteiger partial charge in [-0.2, -0.15) is 0 Å². The first-order valence-corrected chi connectivity index (χ1v) is 5.01. The molecule has 0 aliphatic carbocycles. The Bertz CT molecular complexity index is 182. The van der Waals surface area contributed by atoms with Gasteiger partial charge in [0.25, 0.3) is 0 Å². The van der Waals surface area contributed by atoms with Gasteiger partial charge in [0.05, 0.1) is 0 Å². The van der Waals surface area contributed by atoms with Crippen LogP contribution in [0.25, 0.3) is 0 Å². The molecule has 0 radical (unpaired) electrons.